The smallest absolute Gasteiger partial charge is 0.264 e. The highest BCUT2D eigenvalue weighted by molar-refractivity contribution is 6.41. The first kappa shape index (κ1) is 33.1. The minimum Gasteiger partial charge on any atom is -0.495 e. The second-order valence-corrected chi connectivity index (χ2v) is 12.1. The second-order valence-electron chi connectivity index (χ2n) is 11.4. The van der Waals surface area contributed by atoms with E-state index >= 15 is 0 Å². The van der Waals surface area contributed by atoms with Crippen molar-refractivity contribution >= 4 is 46.1 Å². The summed E-state index contributed by atoms with van der Waals surface area (Å²) in [7, 11) is 4.67. The van der Waals surface area contributed by atoms with Gasteiger partial charge >= 0.3 is 0 Å². The average Bonchev–Trinajstić information content (AvgIpc) is 3.00. The standard InChI is InChI=1S/C31H37Cl2N7O4/c1-31(2,35)15-20(16-34)28(41)39-11-8-18(9-12-39)7-6-10-40-27-19(17-37-30(36-3)38-27)13-21(29(40)42)24-25(32)22(43-4)14-23(44-5)26(24)33/h13-15,17-18H,6-12,35H2,1-5H3,(H,36,37,38). The van der Waals surface area contributed by atoms with Gasteiger partial charge in [0.25, 0.3) is 11.5 Å². The van der Waals surface area contributed by atoms with Crippen molar-refractivity contribution in [3.05, 3.63) is 50.4 Å². The van der Waals surface area contributed by atoms with Gasteiger partial charge in [-0.15, -0.1) is 0 Å². The number of likely N-dealkylation sites (tertiary alicyclic amines) is 1. The van der Waals surface area contributed by atoms with E-state index in [-0.39, 0.29) is 32.6 Å². The number of amides is 1. The lowest BCUT2D eigenvalue weighted by Gasteiger charge is -2.32. The molecule has 3 aromatic rings. The Labute approximate surface area is 266 Å². The predicted octanol–water partition coefficient (Wildman–Crippen LogP) is 5.03. The van der Waals surface area contributed by atoms with Gasteiger partial charge in [-0.05, 0) is 57.6 Å². The highest BCUT2D eigenvalue weighted by Gasteiger charge is 2.27. The van der Waals surface area contributed by atoms with Crippen LogP contribution in [0.1, 0.15) is 39.5 Å². The summed E-state index contributed by atoms with van der Waals surface area (Å²) < 4.78 is 12.5. The number of anilines is 1. The Hall–Kier alpha value is -3.85. The number of pyridine rings is 1. The summed E-state index contributed by atoms with van der Waals surface area (Å²) in [5.74, 6) is 1.11. The highest BCUT2D eigenvalue weighted by atomic mass is 35.5. The fourth-order valence-electron chi connectivity index (χ4n) is 5.44. The SMILES string of the molecule is CNc1ncc2cc(-c3c(Cl)c(OC)cc(OC)c3Cl)c(=O)n(CCCC3CCN(C(=O)C(C#N)=CC(C)(C)N)CC3)c2n1. The maximum Gasteiger partial charge on any atom is 0.264 e. The van der Waals surface area contributed by atoms with Crippen LogP contribution in [0.15, 0.2) is 34.8 Å². The number of fused-ring (bicyclic) bond motifs is 1. The van der Waals surface area contributed by atoms with E-state index < -0.39 is 5.54 Å². The molecule has 1 aromatic carbocycles. The van der Waals surface area contributed by atoms with Gasteiger partial charge < -0.3 is 25.4 Å². The van der Waals surface area contributed by atoms with Crippen LogP contribution in [0.3, 0.4) is 0 Å². The molecular weight excluding hydrogens is 605 g/mol. The number of nitrogens with two attached hydrogens (primary N) is 1. The normalized spacial score (nSPS) is 14.4. The number of aromatic nitrogens is 3. The number of carbonyl (C=O) groups excluding carboxylic acids is 1. The van der Waals surface area contributed by atoms with Crippen LogP contribution in [0.25, 0.3) is 22.2 Å². The summed E-state index contributed by atoms with van der Waals surface area (Å²) in [6.07, 6.45) is 6.30. The molecule has 3 heterocycles. The third kappa shape index (κ3) is 7.09. The number of carbonyl (C=O) groups is 1. The monoisotopic (exact) mass is 641 g/mol. The van der Waals surface area contributed by atoms with Crippen LogP contribution in [-0.4, -0.2) is 65.2 Å². The van der Waals surface area contributed by atoms with Crippen LogP contribution < -0.4 is 26.1 Å². The molecule has 234 valence electrons. The summed E-state index contributed by atoms with van der Waals surface area (Å²) >= 11 is 13.4. The van der Waals surface area contributed by atoms with Crippen molar-refractivity contribution in [3.8, 4) is 28.7 Å². The molecule has 3 N–H and O–H groups in total. The zero-order chi connectivity index (χ0) is 32.2. The molecule has 1 fully saturated rings. The number of halogens is 2. The van der Waals surface area contributed by atoms with E-state index in [9.17, 15) is 14.9 Å². The maximum atomic E-state index is 14.1. The summed E-state index contributed by atoms with van der Waals surface area (Å²) in [6.45, 7) is 5.00. The zero-order valence-electron chi connectivity index (χ0n) is 25.5. The molecular formula is C31H37Cl2N7O4. The third-order valence-electron chi connectivity index (χ3n) is 7.66. The Morgan fingerprint density at radius 3 is 2.39 bits per heavy atom. The van der Waals surface area contributed by atoms with Gasteiger partial charge in [-0.2, -0.15) is 10.2 Å². The van der Waals surface area contributed by atoms with E-state index in [1.165, 1.54) is 20.3 Å². The van der Waals surface area contributed by atoms with Crippen molar-refractivity contribution in [2.45, 2.75) is 51.6 Å². The quantitative estimate of drug-likeness (QED) is 0.229. The van der Waals surface area contributed by atoms with Gasteiger partial charge in [0, 0.05) is 55.4 Å². The van der Waals surface area contributed by atoms with E-state index in [1.807, 2.05) is 6.07 Å². The van der Waals surface area contributed by atoms with Crippen LogP contribution in [-0.2, 0) is 11.3 Å². The number of nitriles is 1. The lowest BCUT2D eigenvalue weighted by atomic mass is 9.91. The number of methoxy groups -OCH3 is 2. The molecule has 4 rings (SSSR count). The van der Waals surface area contributed by atoms with Crippen molar-refractivity contribution in [3.63, 3.8) is 0 Å². The van der Waals surface area contributed by atoms with Crippen LogP contribution in [0, 0.1) is 17.2 Å². The van der Waals surface area contributed by atoms with Gasteiger partial charge in [-0.3, -0.25) is 14.2 Å². The molecule has 0 bridgehead atoms. The lowest BCUT2D eigenvalue weighted by Crippen LogP contribution is -2.40. The molecule has 1 aliphatic rings. The Kier molecular flexibility index (Phi) is 10.4. The molecule has 0 atom stereocenters. The van der Waals surface area contributed by atoms with Crippen LogP contribution in [0.4, 0.5) is 5.95 Å². The third-order valence-corrected chi connectivity index (χ3v) is 8.41. The summed E-state index contributed by atoms with van der Waals surface area (Å²) in [4.78, 5) is 37.6. The van der Waals surface area contributed by atoms with Crippen molar-refractivity contribution in [2.75, 3.05) is 39.7 Å². The topological polar surface area (TPSA) is 148 Å². The molecule has 0 aliphatic carbocycles. The number of ether oxygens (including phenoxy) is 2. The summed E-state index contributed by atoms with van der Waals surface area (Å²) in [5, 5.41) is 13.4. The van der Waals surface area contributed by atoms with Crippen LogP contribution >= 0.6 is 23.2 Å². The Morgan fingerprint density at radius 2 is 1.84 bits per heavy atom. The Balaban J connectivity index is 1.59. The van der Waals surface area contributed by atoms with E-state index in [2.05, 4.69) is 15.3 Å². The minimum atomic E-state index is -0.757. The molecule has 13 heteroatoms. The van der Waals surface area contributed by atoms with Gasteiger partial charge in [0.05, 0.1) is 29.8 Å². The van der Waals surface area contributed by atoms with E-state index in [4.69, 9.17) is 38.4 Å². The Morgan fingerprint density at radius 1 is 1.20 bits per heavy atom. The van der Waals surface area contributed by atoms with Crippen molar-refractivity contribution in [1.29, 1.82) is 5.26 Å². The molecule has 1 aliphatic heterocycles. The fraction of sp³-hybridized carbons (Fsp3) is 0.452. The van der Waals surface area contributed by atoms with E-state index in [0.29, 0.717) is 66.0 Å². The molecule has 0 saturated carbocycles. The van der Waals surface area contributed by atoms with Crippen LogP contribution in [0.2, 0.25) is 10.0 Å². The summed E-state index contributed by atoms with van der Waals surface area (Å²) in [5.41, 5.74) is 6.06. The summed E-state index contributed by atoms with van der Waals surface area (Å²) in [6, 6.07) is 5.25. The Bertz CT molecular complexity index is 1660. The first-order valence-electron chi connectivity index (χ1n) is 14.3. The fourth-order valence-corrected chi connectivity index (χ4v) is 6.14. The zero-order valence-corrected chi connectivity index (χ0v) is 27.1. The predicted molar refractivity (Wildman–Crippen MR) is 172 cm³/mol. The van der Waals surface area contributed by atoms with Crippen LogP contribution in [0.5, 0.6) is 11.5 Å². The number of hydrogen-bond donors (Lipinski definition) is 2. The van der Waals surface area contributed by atoms with Gasteiger partial charge in [0.2, 0.25) is 5.95 Å². The second kappa shape index (κ2) is 13.8. The first-order valence-corrected chi connectivity index (χ1v) is 15.1. The molecule has 1 saturated heterocycles. The molecule has 2 aromatic heterocycles. The molecule has 0 spiro atoms. The largest absolute Gasteiger partial charge is 0.495 e. The molecule has 44 heavy (non-hydrogen) atoms. The molecule has 0 radical (unpaired) electrons. The number of nitrogens with one attached hydrogen (secondary N) is 1. The average molecular weight is 643 g/mol. The number of nitrogens with zero attached hydrogens (tertiary/aromatic N) is 5. The number of rotatable bonds is 10. The van der Waals surface area contributed by atoms with Crippen molar-refractivity contribution in [2.24, 2.45) is 11.7 Å². The molecule has 1 amide bonds. The highest BCUT2D eigenvalue weighted by Crippen LogP contribution is 2.45. The van der Waals surface area contributed by atoms with Gasteiger partial charge in [-0.1, -0.05) is 23.2 Å². The molecule has 0 unspecified atom stereocenters. The number of aryl methyl sites for hydroxylation is 1. The molecule has 11 nitrogen and oxygen atoms in total. The number of benzene rings is 1. The number of hydrogen-bond acceptors (Lipinski definition) is 9. The van der Waals surface area contributed by atoms with Crippen molar-refractivity contribution < 1.29 is 14.3 Å². The minimum absolute atomic E-state index is 0.0684. The maximum absolute atomic E-state index is 14.1. The first-order chi connectivity index (χ1) is 20.9. The lowest BCUT2D eigenvalue weighted by molar-refractivity contribution is -0.128. The van der Waals surface area contributed by atoms with E-state index in [1.54, 1.807) is 48.7 Å². The van der Waals surface area contributed by atoms with Gasteiger partial charge in [-0.25, -0.2) is 4.98 Å². The van der Waals surface area contributed by atoms with E-state index in [0.717, 1.165) is 19.3 Å². The van der Waals surface area contributed by atoms with Gasteiger partial charge in [0.1, 0.15) is 28.8 Å². The number of piperidine rings is 1. The van der Waals surface area contributed by atoms with Gasteiger partial charge in [0.15, 0.2) is 0 Å². The van der Waals surface area contributed by atoms with Crippen molar-refractivity contribution in [1.82, 2.24) is 19.4 Å².